The number of rotatable bonds is 2. The first-order valence-electron chi connectivity index (χ1n) is 6.03. The summed E-state index contributed by atoms with van der Waals surface area (Å²) >= 11 is 0. The van der Waals surface area contributed by atoms with Gasteiger partial charge in [0.05, 0.1) is 0 Å². The predicted octanol–water partition coefficient (Wildman–Crippen LogP) is 0.684. The van der Waals surface area contributed by atoms with Crippen molar-refractivity contribution >= 4 is 0 Å². The molecule has 3 aliphatic rings. The zero-order valence-electron chi connectivity index (χ0n) is 9.45. The lowest BCUT2D eigenvalue weighted by Gasteiger charge is -2.30. The van der Waals surface area contributed by atoms with Gasteiger partial charge in [0.1, 0.15) is 0 Å². The Morgan fingerprint density at radius 1 is 1.25 bits per heavy atom. The molecule has 0 spiro atoms. The molecule has 0 aromatic rings. The van der Waals surface area contributed by atoms with Crippen LogP contribution in [0.1, 0.15) is 6.42 Å². The summed E-state index contributed by atoms with van der Waals surface area (Å²) in [5, 5.41) is 3.38. The molecule has 1 atom stereocenters. The minimum atomic E-state index is 0.387. The maximum absolute atomic E-state index is 5.42. The van der Waals surface area contributed by atoms with Gasteiger partial charge in [-0.2, -0.15) is 0 Å². The van der Waals surface area contributed by atoms with Gasteiger partial charge in [-0.3, -0.25) is 0 Å². The fraction of sp³-hybridized carbons (Fsp3) is 0.667. The highest BCUT2D eigenvalue weighted by Gasteiger charge is 2.24. The molecule has 0 saturated carbocycles. The summed E-state index contributed by atoms with van der Waals surface area (Å²) in [4.78, 5) is 2.52. The Labute approximate surface area is 95.9 Å². The standard InChI is InChI=1S/C12H18N2O2/c1-2-11-12(16-9-15-11)7-10(1)8-14-5-3-13-4-6-14/h2,7,10,13H,1,3-6,8-9H2. The number of allylic oxidation sites excluding steroid dienone is 1. The number of nitrogens with one attached hydrogen (secondary N) is 1. The maximum atomic E-state index is 5.42. The molecule has 2 saturated heterocycles. The largest absolute Gasteiger partial charge is 0.454 e. The first-order valence-corrected chi connectivity index (χ1v) is 6.03. The van der Waals surface area contributed by atoms with Crippen molar-refractivity contribution < 1.29 is 9.47 Å². The molecule has 16 heavy (non-hydrogen) atoms. The van der Waals surface area contributed by atoms with Crippen LogP contribution in [0.15, 0.2) is 23.7 Å². The van der Waals surface area contributed by atoms with Gasteiger partial charge in [-0.25, -0.2) is 0 Å². The van der Waals surface area contributed by atoms with E-state index >= 15 is 0 Å². The van der Waals surface area contributed by atoms with Crippen molar-refractivity contribution in [3.63, 3.8) is 0 Å². The van der Waals surface area contributed by atoms with Crippen molar-refractivity contribution in [2.24, 2.45) is 5.92 Å². The molecule has 0 bridgehead atoms. The van der Waals surface area contributed by atoms with Gasteiger partial charge in [0.2, 0.25) is 6.79 Å². The molecule has 3 rings (SSSR count). The smallest absolute Gasteiger partial charge is 0.231 e. The Bertz CT molecular complexity index is 319. The topological polar surface area (TPSA) is 33.7 Å². The first kappa shape index (κ1) is 10.2. The minimum Gasteiger partial charge on any atom is -0.454 e. The molecule has 0 aromatic heterocycles. The molecule has 1 unspecified atom stereocenters. The van der Waals surface area contributed by atoms with Crippen LogP contribution in [0.2, 0.25) is 0 Å². The van der Waals surface area contributed by atoms with Gasteiger partial charge in [0, 0.05) is 32.7 Å². The zero-order chi connectivity index (χ0) is 10.8. The van der Waals surface area contributed by atoms with Gasteiger partial charge < -0.3 is 19.7 Å². The van der Waals surface area contributed by atoms with Crippen LogP contribution in [0.4, 0.5) is 0 Å². The van der Waals surface area contributed by atoms with Crippen molar-refractivity contribution in [2.45, 2.75) is 6.42 Å². The number of hydrogen-bond donors (Lipinski definition) is 1. The van der Waals surface area contributed by atoms with Gasteiger partial charge in [-0.05, 0) is 24.5 Å². The van der Waals surface area contributed by atoms with Gasteiger partial charge in [0.15, 0.2) is 11.5 Å². The molecule has 2 fully saturated rings. The van der Waals surface area contributed by atoms with E-state index in [1.807, 2.05) is 0 Å². The molecule has 1 aliphatic carbocycles. The average Bonchev–Trinajstić information content (AvgIpc) is 2.77. The van der Waals surface area contributed by atoms with Crippen LogP contribution in [0, 0.1) is 5.92 Å². The van der Waals surface area contributed by atoms with Crippen LogP contribution in [-0.4, -0.2) is 44.4 Å². The van der Waals surface area contributed by atoms with E-state index in [0.717, 1.165) is 50.7 Å². The number of fused-ring (bicyclic) bond motifs is 1. The molecule has 2 aliphatic heterocycles. The highest BCUT2D eigenvalue weighted by molar-refractivity contribution is 5.27. The lowest BCUT2D eigenvalue weighted by molar-refractivity contribution is 0.0976. The molecule has 0 radical (unpaired) electrons. The first-order chi connectivity index (χ1) is 7.92. The number of piperazine rings is 1. The molecular formula is C12H18N2O2. The minimum absolute atomic E-state index is 0.387. The molecule has 1 N–H and O–H groups in total. The number of ether oxygens (including phenoxy) is 2. The summed E-state index contributed by atoms with van der Waals surface area (Å²) < 4.78 is 10.8. The summed E-state index contributed by atoms with van der Waals surface area (Å²) in [6.07, 6.45) is 5.46. The van der Waals surface area contributed by atoms with E-state index in [1.54, 1.807) is 0 Å². The molecule has 0 amide bonds. The summed E-state index contributed by atoms with van der Waals surface area (Å²) in [7, 11) is 0. The quantitative estimate of drug-likeness (QED) is 0.745. The van der Waals surface area contributed by atoms with Crippen molar-refractivity contribution in [2.75, 3.05) is 39.5 Å². The highest BCUT2D eigenvalue weighted by Crippen LogP contribution is 2.29. The number of hydrogen-bond acceptors (Lipinski definition) is 4. The lowest BCUT2D eigenvalue weighted by atomic mass is 9.98. The third-order valence-corrected chi connectivity index (χ3v) is 3.37. The molecular weight excluding hydrogens is 204 g/mol. The average molecular weight is 222 g/mol. The van der Waals surface area contributed by atoms with Crippen molar-refractivity contribution in [1.29, 1.82) is 0 Å². The third-order valence-electron chi connectivity index (χ3n) is 3.37. The van der Waals surface area contributed by atoms with Gasteiger partial charge in [0.25, 0.3) is 0 Å². The molecule has 4 heteroatoms. The van der Waals surface area contributed by atoms with Crippen molar-refractivity contribution in [1.82, 2.24) is 10.2 Å². The zero-order valence-corrected chi connectivity index (χ0v) is 9.45. The van der Waals surface area contributed by atoms with Gasteiger partial charge >= 0.3 is 0 Å². The fourth-order valence-electron chi connectivity index (χ4n) is 2.48. The summed E-state index contributed by atoms with van der Waals surface area (Å²) in [5.41, 5.74) is 0. The van der Waals surface area contributed by atoms with Gasteiger partial charge in [-0.15, -0.1) is 0 Å². The Balaban J connectivity index is 1.58. The van der Waals surface area contributed by atoms with E-state index in [1.165, 1.54) is 0 Å². The molecule has 4 nitrogen and oxygen atoms in total. The Morgan fingerprint density at radius 2 is 2.06 bits per heavy atom. The second-order valence-electron chi connectivity index (χ2n) is 4.55. The number of nitrogens with zero attached hydrogens (tertiary/aromatic N) is 1. The monoisotopic (exact) mass is 222 g/mol. The van der Waals surface area contributed by atoms with E-state index in [2.05, 4.69) is 22.4 Å². The molecule has 0 aromatic carbocycles. The van der Waals surface area contributed by atoms with Crippen LogP contribution >= 0.6 is 0 Å². The van der Waals surface area contributed by atoms with Crippen LogP contribution in [-0.2, 0) is 9.47 Å². The van der Waals surface area contributed by atoms with Crippen LogP contribution in [0.25, 0.3) is 0 Å². The fourth-order valence-corrected chi connectivity index (χ4v) is 2.48. The lowest BCUT2D eigenvalue weighted by Crippen LogP contribution is -2.45. The van der Waals surface area contributed by atoms with Gasteiger partial charge in [-0.1, -0.05) is 0 Å². The maximum Gasteiger partial charge on any atom is 0.231 e. The van der Waals surface area contributed by atoms with E-state index in [4.69, 9.17) is 9.47 Å². The molecule has 2 heterocycles. The normalized spacial score (nSPS) is 29.9. The van der Waals surface area contributed by atoms with E-state index < -0.39 is 0 Å². The van der Waals surface area contributed by atoms with Crippen LogP contribution in [0.5, 0.6) is 0 Å². The van der Waals surface area contributed by atoms with E-state index in [-0.39, 0.29) is 0 Å². The second-order valence-corrected chi connectivity index (χ2v) is 4.55. The van der Waals surface area contributed by atoms with Crippen LogP contribution in [0.3, 0.4) is 0 Å². The van der Waals surface area contributed by atoms with E-state index in [9.17, 15) is 0 Å². The predicted molar refractivity (Wildman–Crippen MR) is 60.6 cm³/mol. The Kier molecular flexibility index (Phi) is 2.84. The summed E-state index contributed by atoms with van der Waals surface area (Å²) in [6.45, 7) is 6.07. The SMILES string of the molecule is C1=C2OCOC2=CC(CN2CCNCC2)C1. The van der Waals surface area contributed by atoms with Crippen molar-refractivity contribution in [3.8, 4) is 0 Å². The van der Waals surface area contributed by atoms with E-state index in [0.29, 0.717) is 12.7 Å². The highest BCUT2D eigenvalue weighted by atomic mass is 16.7. The summed E-state index contributed by atoms with van der Waals surface area (Å²) in [6, 6.07) is 0. The second kappa shape index (κ2) is 4.47. The Morgan fingerprint density at radius 3 is 2.94 bits per heavy atom. The Hall–Kier alpha value is -1.00. The summed E-state index contributed by atoms with van der Waals surface area (Å²) in [5.74, 6) is 2.47. The third kappa shape index (κ3) is 2.08. The van der Waals surface area contributed by atoms with Crippen molar-refractivity contribution in [3.05, 3.63) is 23.7 Å². The van der Waals surface area contributed by atoms with Crippen LogP contribution < -0.4 is 5.32 Å². The molecule has 88 valence electrons.